The second-order valence-corrected chi connectivity index (χ2v) is 5.90. The van der Waals surface area contributed by atoms with E-state index in [0.29, 0.717) is 0 Å². The summed E-state index contributed by atoms with van der Waals surface area (Å²) >= 11 is 0. The molecule has 0 unspecified atom stereocenters. The number of amides is 1. The molecule has 0 bridgehead atoms. The minimum absolute atomic E-state index is 0.0703. The molecule has 1 fully saturated rings. The fourth-order valence-corrected chi connectivity index (χ4v) is 2.66. The van der Waals surface area contributed by atoms with Crippen LogP contribution in [-0.2, 0) is 25.7 Å². The average molecular weight is 378 g/mol. The minimum Gasteiger partial charge on any atom is -0.473 e. The van der Waals surface area contributed by atoms with Gasteiger partial charge in [0.25, 0.3) is 0 Å². The molecule has 3 N–H and O–H groups in total. The summed E-state index contributed by atoms with van der Waals surface area (Å²) in [5.41, 5.74) is 2.07. The van der Waals surface area contributed by atoms with Crippen LogP contribution in [0.2, 0.25) is 0 Å². The standard InChI is InChI=1S/C15H20N4O2.C2H2O4/c1-21-11-15(20)19-8-6-18(7-9-19)10-14-16-12-4-2-3-5-13(12)17-14;3-1(4)2(5)6/h2-5H,6-11H2,1H3,(H,16,17);(H,3,4)(H,5,6). The molecule has 0 spiro atoms. The summed E-state index contributed by atoms with van der Waals surface area (Å²) < 4.78 is 4.89. The normalized spacial score (nSPS) is 14.5. The van der Waals surface area contributed by atoms with Gasteiger partial charge in [-0.05, 0) is 12.1 Å². The topological polar surface area (TPSA) is 136 Å². The molecule has 1 aliphatic rings. The van der Waals surface area contributed by atoms with E-state index in [4.69, 9.17) is 24.5 Å². The first-order valence-electron chi connectivity index (χ1n) is 8.29. The zero-order valence-corrected chi connectivity index (χ0v) is 14.9. The van der Waals surface area contributed by atoms with Crippen LogP contribution in [0.1, 0.15) is 5.82 Å². The van der Waals surface area contributed by atoms with E-state index >= 15 is 0 Å². The Kier molecular flexibility index (Phi) is 7.26. The number of carboxylic acids is 2. The van der Waals surface area contributed by atoms with Crippen LogP contribution in [0.3, 0.4) is 0 Å². The number of H-pyrrole nitrogens is 1. The van der Waals surface area contributed by atoms with Crippen LogP contribution in [0.4, 0.5) is 0 Å². The number of imidazole rings is 1. The number of carboxylic acid groups (broad SMARTS) is 2. The lowest BCUT2D eigenvalue weighted by atomic mass is 10.3. The number of methoxy groups -OCH3 is 1. The lowest BCUT2D eigenvalue weighted by Gasteiger charge is -2.34. The number of ether oxygens (including phenoxy) is 1. The van der Waals surface area contributed by atoms with Gasteiger partial charge in [0.2, 0.25) is 5.91 Å². The molecule has 27 heavy (non-hydrogen) atoms. The number of nitrogens with zero attached hydrogens (tertiary/aromatic N) is 3. The lowest BCUT2D eigenvalue weighted by molar-refractivity contribution is -0.159. The van der Waals surface area contributed by atoms with E-state index in [0.717, 1.165) is 49.6 Å². The number of piperazine rings is 1. The maximum Gasteiger partial charge on any atom is 0.414 e. The number of hydrogen-bond donors (Lipinski definition) is 3. The fraction of sp³-hybridized carbons (Fsp3) is 0.412. The molecule has 0 radical (unpaired) electrons. The van der Waals surface area contributed by atoms with Gasteiger partial charge in [0.1, 0.15) is 12.4 Å². The summed E-state index contributed by atoms with van der Waals surface area (Å²) in [6, 6.07) is 8.04. The highest BCUT2D eigenvalue weighted by Gasteiger charge is 2.21. The number of rotatable bonds is 4. The number of nitrogens with one attached hydrogen (secondary N) is 1. The average Bonchev–Trinajstić information content (AvgIpc) is 3.05. The fourth-order valence-electron chi connectivity index (χ4n) is 2.66. The highest BCUT2D eigenvalue weighted by molar-refractivity contribution is 6.27. The number of para-hydroxylation sites is 2. The van der Waals surface area contributed by atoms with Gasteiger partial charge in [-0.3, -0.25) is 9.69 Å². The molecular formula is C17H22N4O6. The third-order valence-corrected chi connectivity index (χ3v) is 3.99. The number of hydrogen-bond acceptors (Lipinski definition) is 6. The van der Waals surface area contributed by atoms with Crippen molar-refractivity contribution < 1.29 is 29.3 Å². The van der Waals surface area contributed by atoms with E-state index in [1.807, 2.05) is 29.2 Å². The Morgan fingerprint density at radius 2 is 1.74 bits per heavy atom. The summed E-state index contributed by atoms with van der Waals surface area (Å²) in [5, 5.41) is 14.8. The first-order valence-corrected chi connectivity index (χ1v) is 8.29. The Morgan fingerprint density at radius 1 is 1.11 bits per heavy atom. The van der Waals surface area contributed by atoms with Crippen LogP contribution in [-0.4, -0.2) is 87.7 Å². The van der Waals surface area contributed by atoms with Crippen LogP contribution >= 0.6 is 0 Å². The molecule has 0 aliphatic carbocycles. The summed E-state index contributed by atoms with van der Waals surface area (Å²) in [6.45, 7) is 4.20. The number of carbonyl (C=O) groups excluding carboxylic acids is 1. The van der Waals surface area contributed by atoms with Gasteiger partial charge in [0, 0.05) is 33.3 Å². The van der Waals surface area contributed by atoms with Crippen LogP contribution < -0.4 is 0 Å². The van der Waals surface area contributed by atoms with Gasteiger partial charge in [0.15, 0.2) is 0 Å². The van der Waals surface area contributed by atoms with Crippen molar-refractivity contribution in [3.63, 3.8) is 0 Å². The van der Waals surface area contributed by atoms with E-state index in [1.165, 1.54) is 0 Å². The smallest absolute Gasteiger partial charge is 0.414 e. The van der Waals surface area contributed by atoms with Crippen molar-refractivity contribution in [3.05, 3.63) is 30.1 Å². The lowest BCUT2D eigenvalue weighted by Crippen LogP contribution is -2.49. The summed E-state index contributed by atoms with van der Waals surface area (Å²) in [4.78, 5) is 42.1. The zero-order valence-electron chi connectivity index (χ0n) is 14.9. The van der Waals surface area contributed by atoms with Gasteiger partial charge < -0.3 is 24.8 Å². The van der Waals surface area contributed by atoms with Crippen molar-refractivity contribution in [2.24, 2.45) is 0 Å². The Balaban J connectivity index is 0.000000380. The Morgan fingerprint density at radius 3 is 2.30 bits per heavy atom. The molecule has 1 amide bonds. The summed E-state index contributed by atoms with van der Waals surface area (Å²) in [7, 11) is 1.55. The highest BCUT2D eigenvalue weighted by atomic mass is 16.5. The molecule has 0 saturated carbocycles. The molecule has 10 nitrogen and oxygen atoms in total. The number of aliphatic carboxylic acids is 2. The Labute approximate surface area is 155 Å². The molecule has 1 saturated heterocycles. The molecule has 10 heteroatoms. The molecule has 0 atom stereocenters. The van der Waals surface area contributed by atoms with Crippen molar-refractivity contribution in [1.29, 1.82) is 0 Å². The predicted octanol–water partition coefficient (Wildman–Crippen LogP) is 0.00910. The molecular weight excluding hydrogens is 356 g/mol. The van der Waals surface area contributed by atoms with E-state index in [-0.39, 0.29) is 12.5 Å². The van der Waals surface area contributed by atoms with Crippen molar-refractivity contribution in [2.75, 3.05) is 39.9 Å². The van der Waals surface area contributed by atoms with E-state index in [9.17, 15) is 4.79 Å². The maximum absolute atomic E-state index is 11.7. The predicted molar refractivity (Wildman–Crippen MR) is 95.1 cm³/mol. The SMILES string of the molecule is COCC(=O)N1CCN(Cc2nc3ccccc3[nH]2)CC1.O=C(O)C(=O)O. The Hall–Kier alpha value is -2.98. The molecule has 1 aromatic heterocycles. The first-order chi connectivity index (χ1) is 12.9. The van der Waals surface area contributed by atoms with Crippen molar-refractivity contribution in [2.45, 2.75) is 6.54 Å². The largest absolute Gasteiger partial charge is 0.473 e. The quantitative estimate of drug-likeness (QED) is 0.633. The van der Waals surface area contributed by atoms with Crippen LogP contribution in [0.5, 0.6) is 0 Å². The monoisotopic (exact) mass is 378 g/mol. The van der Waals surface area contributed by atoms with Gasteiger partial charge in [0.05, 0.1) is 17.6 Å². The van der Waals surface area contributed by atoms with E-state index in [2.05, 4.69) is 14.9 Å². The third-order valence-electron chi connectivity index (χ3n) is 3.99. The number of benzene rings is 1. The van der Waals surface area contributed by atoms with Crippen molar-refractivity contribution >= 4 is 28.9 Å². The third kappa shape index (κ3) is 6.04. The highest BCUT2D eigenvalue weighted by Crippen LogP contribution is 2.13. The van der Waals surface area contributed by atoms with Gasteiger partial charge >= 0.3 is 11.9 Å². The van der Waals surface area contributed by atoms with Crippen LogP contribution in [0.15, 0.2) is 24.3 Å². The Bertz CT molecular complexity index is 753. The molecule has 1 aromatic carbocycles. The molecule has 3 rings (SSSR count). The van der Waals surface area contributed by atoms with Gasteiger partial charge in [-0.1, -0.05) is 12.1 Å². The molecule has 2 heterocycles. The van der Waals surface area contributed by atoms with E-state index in [1.54, 1.807) is 7.11 Å². The number of fused-ring (bicyclic) bond motifs is 1. The number of carbonyl (C=O) groups is 3. The van der Waals surface area contributed by atoms with E-state index < -0.39 is 11.9 Å². The molecule has 1 aliphatic heterocycles. The second kappa shape index (κ2) is 9.64. The zero-order chi connectivity index (χ0) is 19.8. The second-order valence-electron chi connectivity index (χ2n) is 5.90. The van der Waals surface area contributed by atoms with Crippen LogP contribution in [0, 0.1) is 0 Å². The van der Waals surface area contributed by atoms with Crippen molar-refractivity contribution in [1.82, 2.24) is 19.8 Å². The number of aromatic nitrogens is 2. The first kappa shape index (κ1) is 20.3. The summed E-state index contributed by atoms with van der Waals surface area (Å²) in [6.07, 6.45) is 0. The van der Waals surface area contributed by atoms with Gasteiger partial charge in [-0.25, -0.2) is 14.6 Å². The summed E-state index contributed by atoms with van der Waals surface area (Å²) in [5.74, 6) is -2.60. The van der Waals surface area contributed by atoms with Gasteiger partial charge in [-0.2, -0.15) is 0 Å². The maximum atomic E-state index is 11.7. The minimum atomic E-state index is -1.82. The molecule has 146 valence electrons. The van der Waals surface area contributed by atoms with Crippen LogP contribution in [0.25, 0.3) is 11.0 Å². The molecule has 2 aromatic rings. The van der Waals surface area contributed by atoms with Crippen molar-refractivity contribution in [3.8, 4) is 0 Å². The van der Waals surface area contributed by atoms with Gasteiger partial charge in [-0.15, -0.1) is 0 Å². The number of aromatic amines is 1.